The molecule has 0 saturated carbocycles. The normalized spacial score (nSPS) is 28.5. The summed E-state index contributed by atoms with van der Waals surface area (Å²) in [5, 5.41) is 4.77. The van der Waals surface area contributed by atoms with Gasteiger partial charge in [-0.1, -0.05) is 23.2 Å². The third kappa shape index (κ3) is 3.73. The summed E-state index contributed by atoms with van der Waals surface area (Å²) in [6.45, 7) is 4.25. The SMILES string of the molecule is CS(=O)(=O)c1ccc(O[C@H]2c3cc(Cl)cc(Cl)c3C[C@@H]2N2C[C@H]3CNC[C@H]3C2)cc1. The summed E-state index contributed by atoms with van der Waals surface area (Å²) in [7, 11) is -3.24. The number of hydrogen-bond acceptors (Lipinski definition) is 5. The number of benzene rings is 2. The predicted octanol–water partition coefficient (Wildman–Crippen LogP) is 3.59. The first-order chi connectivity index (χ1) is 14.3. The fourth-order valence-corrected chi connectivity index (χ4v) is 6.37. The van der Waals surface area contributed by atoms with Gasteiger partial charge in [0.2, 0.25) is 0 Å². The molecule has 2 aliphatic heterocycles. The van der Waals surface area contributed by atoms with Crippen molar-refractivity contribution in [1.82, 2.24) is 10.2 Å². The number of nitrogens with one attached hydrogen (secondary N) is 1. The van der Waals surface area contributed by atoms with E-state index in [0.717, 1.165) is 43.7 Å². The van der Waals surface area contributed by atoms with Gasteiger partial charge >= 0.3 is 0 Å². The molecule has 4 atom stereocenters. The molecule has 2 saturated heterocycles. The highest BCUT2D eigenvalue weighted by Crippen LogP contribution is 2.44. The van der Waals surface area contributed by atoms with Crippen LogP contribution >= 0.6 is 23.2 Å². The highest BCUT2D eigenvalue weighted by molar-refractivity contribution is 7.90. The van der Waals surface area contributed by atoms with Crippen LogP contribution in [0.15, 0.2) is 41.3 Å². The Hall–Kier alpha value is -1.31. The maximum absolute atomic E-state index is 11.8. The molecule has 1 aliphatic carbocycles. The van der Waals surface area contributed by atoms with E-state index >= 15 is 0 Å². The molecule has 0 unspecified atom stereocenters. The van der Waals surface area contributed by atoms with Crippen LogP contribution in [0.2, 0.25) is 10.0 Å². The van der Waals surface area contributed by atoms with E-state index in [9.17, 15) is 8.42 Å². The van der Waals surface area contributed by atoms with Gasteiger partial charge in [-0.05, 0) is 73.3 Å². The fraction of sp³-hybridized carbons (Fsp3) is 0.455. The van der Waals surface area contributed by atoms with Gasteiger partial charge in [-0.3, -0.25) is 4.90 Å². The van der Waals surface area contributed by atoms with Crippen molar-refractivity contribution in [2.75, 3.05) is 32.4 Å². The number of fused-ring (bicyclic) bond motifs is 2. The van der Waals surface area contributed by atoms with Crippen molar-refractivity contribution >= 4 is 33.0 Å². The van der Waals surface area contributed by atoms with Crippen LogP contribution in [0, 0.1) is 11.8 Å². The van der Waals surface area contributed by atoms with Gasteiger partial charge in [0.15, 0.2) is 9.84 Å². The Balaban J connectivity index is 1.46. The second kappa shape index (κ2) is 7.68. The smallest absolute Gasteiger partial charge is 0.175 e. The molecule has 1 N–H and O–H groups in total. The molecule has 0 bridgehead atoms. The molecular formula is C22H24Cl2N2O3S. The minimum Gasteiger partial charge on any atom is -0.484 e. The average Bonchev–Trinajstić information content (AvgIpc) is 3.35. The number of hydrogen-bond donors (Lipinski definition) is 1. The minimum atomic E-state index is -3.24. The lowest BCUT2D eigenvalue weighted by Gasteiger charge is -2.31. The van der Waals surface area contributed by atoms with Crippen LogP contribution < -0.4 is 10.1 Å². The summed E-state index contributed by atoms with van der Waals surface area (Å²) in [6.07, 6.45) is 1.83. The summed E-state index contributed by atoms with van der Waals surface area (Å²) in [6, 6.07) is 10.6. The molecule has 2 aromatic rings. The summed E-state index contributed by atoms with van der Waals surface area (Å²) >= 11 is 12.9. The molecule has 0 spiro atoms. The van der Waals surface area contributed by atoms with E-state index in [1.165, 1.54) is 6.26 Å². The molecule has 30 heavy (non-hydrogen) atoms. The zero-order valence-electron chi connectivity index (χ0n) is 16.6. The third-order valence-corrected chi connectivity index (χ3v) is 8.35. The molecule has 0 radical (unpaired) electrons. The van der Waals surface area contributed by atoms with Crippen molar-refractivity contribution in [3.63, 3.8) is 0 Å². The minimum absolute atomic E-state index is 0.177. The molecule has 5 nitrogen and oxygen atoms in total. The van der Waals surface area contributed by atoms with Crippen LogP contribution in [0.4, 0.5) is 0 Å². The van der Waals surface area contributed by atoms with Crippen molar-refractivity contribution < 1.29 is 13.2 Å². The topological polar surface area (TPSA) is 58.6 Å². The maximum Gasteiger partial charge on any atom is 0.175 e. The summed E-state index contributed by atoms with van der Waals surface area (Å²) < 4.78 is 30.0. The number of nitrogens with zero attached hydrogens (tertiary/aromatic N) is 1. The Kier molecular flexibility index (Phi) is 5.27. The molecule has 3 aliphatic rings. The zero-order chi connectivity index (χ0) is 21.0. The van der Waals surface area contributed by atoms with Crippen LogP contribution in [0.5, 0.6) is 5.75 Å². The van der Waals surface area contributed by atoms with E-state index in [1.54, 1.807) is 30.3 Å². The second-order valence-corrected chi connectivity index (χ2v) is 11.5. The largest absolute Gasteiger partial charge is 0.484 e. The number of halogens is 2. The van der Waals surface area contributed by atoms with E-state index < -0.39 is 9.84 Å². The van der Waals surface area contributed by atoms with Crippen molar-refractivity contribution in [3.05, 3.63) is 57.6 Å². The number of likely N-dealkylation sites (tertiary alicyclic amines) is 1. The average molecular weight is 467 g/mol. The standard InChI is InChI=1S/C22H24Cl2N2O3S/c1-30(27,28)17-4-2-16(3-5-17)29-22-19-6-15(23)7-20(24)18(19)8-21(22)26-11-13-9-25-10-14(13)12-26/h2-7,13-14,21-22,25H,8-12H2,1H3/t13-,14+,21-,22-/m0/s1. The van der Waals surface area contributed by atoms with Gasteiger partial charge in [-0.2, -0.15) is 0 Å². The van der Waals surface area contributed by atoms with E-state index in [0.29, 0.717) is 27.6 Å². The summed E-state index contributed by atoms with van der Waals surface area (Å²) in [5.74, 6) is 2.01. The number of ether oxygens (including phenoxy) is 1. The van der Waals surface area contributed by atoms with Crippen LogP contribution in [0.1, 0.15) is 17.2 Å². The van der Waals surface area contributed by atoms with Crippen LogP contribution in [-0.2, 0) is 16.3 Å². The lowest BCUT2D eigenvalue weighted by molar-refractivity contribution is 0.0890. The van der Waals surface area contributed by atoms with E-state index in [1.807, 2.05) is 6.07 Å². The number of rotatable bonds is 4. The highest BCUT2D eigenvalue weighted by atomic mass is 35.5. The Labute approximate surface area is 187 Å². The van der Waals surface area contributed by atoms with Crippen molar-refractivity contribution in [3.8, 4) is 5.75 Å². The van der Waals surface area contributed by atoms with Gasteiger partial charge in [0.05, 0.1) is 10.9 Å². The lowest BCUT2D eigenvalue weighted by atomic mass is 10.0. The molecule has 8 heteroatoms. The van der Waals surface area contributed by atoms with E-state index in [2.05, 4.69) is 10.2 Å². The monoisotopic (exact) mass is 466 g/mol. The van der Waals surface area contributed by atoms with Gasteiger partial charge in [0.25, 0.3) is 0 Å². The van der Waals surface area contributed by atoms with Gasteiger partial charge in [-0.25, -0.2) is 8.42 Å². The molecule has 2 heterocycles. The third-order valence-electron chi connectivity index (χ3n) is 6.67. The Bertz CT molecular complexity index is 1060. The first-order valence-corrected chi connectivity index (χ1v) is 12.8. The molecule has 0 aromatic heterocycles. The predicted molar refractivity (Wildman–Crippen MR) is 118 cm³/mol. The van der Waals surface area contributed by atoms with Gasteiger partial charge in [-0.15, -0.1) is 0 Å². The summed E-state index contributed by atoms with van der Waals surface area (Å²) in [5.41, 5.74) is 2.12. The Morgan fingerprint density at radius 1 is 1.07 bits per heavy atom. The fourth-order valence-electron chi connectivity index (χ4n) is 5.15. The molecule has 160 valence electrons. The lowest BCUT2D eigenvalue weighted by Crippen LogP contribution is -2.40. The summed E-state index contributed by atoms with van der Waals surface area (Å²) in [4.78, 5) is 2.82. The molecular weight excluding hydrogens is 443 g/mol. The highest BCUT2D eigenvalue weighted by Gasteiger charge is 2.45. The quantitative estimate of drug-likeness (QED) is 0.745. The second-order valence-electron chi connectivity index (χ2n) is 8.64. The van der Waals surface area contributed by atoms with Crippen molar-refractivity contribution in [1.29, 1.82) is 0 Å². The molecule has 0 amide bonds. The van der Waals surface area contributed by atoms with Crippen LogP contribution in [0.25, 0.3) is 0 Å². The molecule has 2 fully saturated rings. The van der Waals surface area contributed by atoms with Crippen molar-refractivity contribution in [2.45, 2.75) is 23.5 Å². The molecule has 2 aromatic carbocycles. The van der Waals surface area contributed by atoms with Crippen molar-refractivity contribution in [2.24, 2.45) is 11.8 Å². The van der Waals surface area contributed by atoms with E-state index in [4.69, 9.17) is 27.9 Å². The molecule has 5 rings (SSSR count). The number of sulfone groups is 1. The van der Waals surface area contributed by atoms with Gasteiger partial charge < -0.3 is 10.1 Å². The Morgan fingerprint density at radius 2 is 1.73 bits per heavy atom. The maximum atomic E-state index is 11.8. The first kappa shape index (κ1) is 20.6. The Morgan fingerprint density at radius 3 is 2.37 bits per heavy atom. The first-order valence-electron chi connectivity index (χ1n) is 10.2. The van der Waals surface area contributed by atoms with Gasteiger partial charge in [0, 0.05) is 35.0 Å². The zero-order valence-corrected chi connectivity index (χ0v) is 19.0. The van der Waals surface area contributed by atoms with Crippen LogP contribution in [0.3, 0.4) is 0 Å². The van der Waals surface area contributed by atoms with E-state index in [-0.39, 0.29) is 17.0 Å². The van der Waals surface area contributed by atoms with Gasteiger partial charge in [0.1, 0.15) is 11.9 Å². The van der Waals surface area contributed by atoms with Crippen LogP contribution in [-0.4, -0.2) is 51.8 Å².